The first-order valence-corrected chi connectivity index (χ1v) is 21.7. The molecule has 1 aromatic heterocycles. The summed E-state index contributed by atoms with van der Waals surface area (Å²) < 4.78 is 66.0. The molecule has 4 amide bonds. The summed E-state index contributed by atoms with van der Waals surface area (Å²) in [5.74, 6) is 0.665. The van der Waals surface area contributed by atoms with Crippen molar-refractivity contribution in [3.05, 3.63) is 36.0 Å². The van der Waals surface area contributed by atoms with Gasteiger partial charge in [-0.2, -0.15) is 0 Å². The van der Waals surface area contributed by atoms with Gasteiger partial charge in [-0.15, -0.1) is 20.4 Å². The third kappa shape index (κ3) is 23.3. The molecule has 0 saturated carbocycles. The number of nitrogens with zero attached hydrogens (tertiary/aromatic N) is 5. The van der Waals surface area contributed by atoms with Gasteiger partial charge in [-0.1, -0.05) is 0 Å². The predicted molar refractivity (Wildman–Crippen MR) is 223 cm³/mol. The molecule has 2 N–H and O–H groups in total. The molecular formula is C41H63N7O16. The summed E-state index contributed by atoms with van der Waals surface area (Å²) in [7, 11) is 0. The second-order valence-electron chi connectivity index (χ2n) is 13.8. The Bertz CT molecular complexity index is 1570. The normalized spacial score (nSPS) is 16.0. The van der Waals surface area contributed by atoms with Crippen molar-refractivity contribution in [2.45, 2.75) is 38.2 Å². The lowest BCUT2D eigenvalue weighted by molar-refractivity contribution is -0.137. The summed E-state index contributed by atoms with van der Waals surface area (Å²) in [6, 6.07) is 0. The lowest BCUT2D eigenvalue weighted by Crippen LogP contribution is -2.38. The van der Waals surface area contributed by atoms with E-state index in [0.29, 0.717) is 149 Å². The fourth-order valence-corrected chi connectivity index (χ4v) is 5.61. The Morgan fingerprint density at radius 2 is 1.06 bits per heavy atom. The Hall–Kier alpha value is -4.72. The van der Waals surface area contributed by atoms with Crippen LogP contribution in [0.25, 0.3) is 11.5 Å². The molecule has 64 heavy (non-hydrogen) atoms. The molecule has 0 bridgehead atoms. The lowest BCUT2D eigenvalue weighted by atomic mass is 10.1. The van der Waals surface area contributed by atoms with Gasteiger partial charge >= 0.3 is 6.09 Å². The van der Waals surface area contributed by atoms with Gasteiger partial charge in [-0.3, -0.25) is 19.3 Å². The van der Waals surface area contributed by atoms with E-state index in [1.165, 1.54) is 12.2 Å². The van der Waals surface area contributed by atoms with Crippen LogP contribution >= 0.6 is 0 Å². The molecule has 3 aliphatic heterocycles. The minimum absolute atomic E-state index is 0.0719. The van der Waals surface area contributed by atoms with Crippen molar-refractivity contribution < 1.29 is 76.0 Å². The first-order valence-electron chi connectivity index (χ1n) is 21.7. The van der Waals surface area contributed by atoms with Gasteiger partial charge in [0.25, 0.3) is 11.8 Å². The molecule has 23 nitrogen and oxygen atoms in total. The standard InChI is InChI=1S/C41H63N7O16/c49-36(42-10-12-48-37(50)7-8-38(48)51)9-14-53-16-18-55-20-22-57-24-26-59-28-30-61-31-29-60-27-25-58-23-21-56-19-17-54-15-11-43-41(52)63-32-33-4-3-6-35(64-33)40-46-44-39(45-47-40)34-5-1-2-13-62-34/h5-8,33H,1-4,9-32H2,(H,42,49)(H,43,52). The summed E-state index contributed by atoms with van der Waals surface area (Å²) >= 11 is 0. The maximum absolute atomic E-state index is 12.1. The molecule has 4 heterocycles. The van der Waals surface area contributed by atoms with E-state index in [2.05, 4.69) is 31.0 Å². The van der Waals surface area contributed by atoms with Gasteiger partial charge < -0.3 is 67.5 Å². The van der Waals surface area contributed by atoms with Crippen LogP contribution in [0, 0.1) is 0 Å². The summed E-state index contributed by atoms with van der Waals surface area (Å²) in [4.78, 5) is 47.9. The van der Waals surface area contributed by atoms with Crippen molar-refractivity contribution in [1.82, 2.24) is 35.9 Å². The largest absolute Gasteiger partial charge is 0.490 e. The summed E-state index contributed by atoms with van der Waals surface area (Å²) in [5.41, 5.74) is 0. The number of hydrogen-bond acceptors (Lipinski definition) is 20. The number of imide groups is 1. The third-order valence-electron chi connectivity index (χ3n) is 8.89. The number of carbonyl (C=O) groups is 4. The Morgan fingerprint density at radius 1 is 0.594 bits per heavy atom. The molecule has 1 aromatic rings. The zero-order chi connectivity index (χ0) is 45.1. The second kappa shape index (κ2) is 33.7. The van der Waals surface area contributed by atoms with Crippen molar-refractivity contribution in [3.8, 4) is 0 Å². The summed E-state index contributed by atoms with van der Waals surface area (Å²) in [6.45, 7) is 8.58. The molecule has 0 fully saturated rings. The number of aromatic nitrogens is 4. The second-order valence-corrected chi connectivity index (χ2v) is 13.8. The number of amides is 4. The van der Waals surface area contributed by atoms with E-state index in [-0.39, 0.29) is 68.9 Å². The fourth-order valence-electron chi connectivity index (χ4n) is 5.61. The van der Waals surface area contributed by atoms with Crippen LogP contribution in [0.3, 0.4) is 0 Å². The first kappa shape index (κ1) is 51.9. The van der Waals surface area contributed by atoms with Crippen molar-refractivity contribution in [2.75, 3.05) is 152 Å². The third-order valence-corrected chi connectivity index (χ3v) is 8.89. The zero-order valence-electron chi connectivity index (χ0n) is 36.5. The van der Waals surface area contributed by atoms with Gasteiger partial charge in [-0.05, 0) is 37.8 Å². The number of alkyl carbamates (subject to hydrolysis) is 1. The summed E-state index contributed by atoms with van der Waals surface area (Å²) in [6.07, 6.45) is 8.72. The van der Waals surface area contributed by atoms with Crippen molar-refractivity contribution in [1.29, 1.82) is 0 Å². The van der Waals surface area contributed by atoms with Gasteiger partial charge in [0.2, 0.25) is 17.6 Å². The van der Waals surface area contributed by atoms with Crippen LogP contribution in [-0.2, 0) is 71.2 Å². The van der Waals surface area contributed by atoms with Gasteiger partial charge in [0.1, 0.15) is 12.7 Å². The van der Waals surface area contributed by atoms with E-state index in [4.69, 9.17) is 56.8 Å². The number of carbonyl (C=O) groups excluding carboxylic acids is 4. The molecule has 0 aromatic carbocycles. The predicted octanol–water partition coefficient (Wildman–Crippen LogP) is 0.245. The van der Waals surface area contributed by atoms with Crippen LogP contribution in [0.5, 0.6) is 0 Å². The maximum atomic E-state index is 12.1. The van der Waals surface area contributed by atoms with Crippen LogP contribution in [0.15, 0.2) is 24.3 Å². The monoisotopic (exact) mass is 909 g/mol. The van der Waals surface area contributed by atoms with E-state index in [1.807, 2.05) is 12.2 Å². The van der Waals surface area contributed by atoms with E-state index < -0.39 is 6.09 Å². The average molecular weight is 910 g/mol. The maximum Gasteiger partial charge on any atom is 0.407 e. The number of allylic oxidation sites excluding steroid dienone is 2. The summed E-state index contributed by atoms with van der Waals surface area (Å²) in [5, 5.41) is 21.8. The first-order chi connectivity index (χ1) is 31.5. The molecule has 1 unspecified atom stereocenters. The topological polar surface area (TPSA) is 258 Å². The number of hydrogen-bond donors (Lipinski definition) is 2. The molecule has 0 saturated heterocycles. The van der Waals surface area contributed by atoms with Crippen molar-refractivity contribution in [2.24, 2.45) is 0 Å². The number of ether oxygens (including phenoxy) is 12. The van der Waals surface area contributed by atoms with E-state index >= 15 is 0 Å². The molecular weight excluding hydrogens is 846 g/mol. The minimum atomic E-state index is -0.562. The molecule has 4 rings (SSSR count). The Labute approximate surface area is 372 Å². The van der Waals surface area contributed by atoms with Crippen LogP contribution < -0.4 is 10.6 Å². The van der Waals surface area contributed by atoms with Crippen molar-refractivity contribution in [3.63, 3.8) is 0 Å². The highest BCUT2D eigenvalue weighted by Gasteiger charge is 2.24. The Kier molecular flexibility index (Phi) is 27.4. The molecule has 1 atom stereocenters. The van der Waals surface area contributed by atoms with Crippen molar-refractivity contribution >= 4 is 35.3 Å². The van der Waals surface area contributed by atoms with Crippen LogP contribution in [0.2, 0.25) is 0 Å². The van der Waals surface area contributed by atoms with E-state index in [0.717, 1.165) is 17.7 Å². The quantitative estimate of drug-likeness (QED) is 0.0670. The lowest BCUT2D eigenvalue weighted by Gasteiger charge is -2.23. The van der Waals surface area contributed by atoms with Gasteiger partial charge in [0, 0.05) is 38.2 Å². The SMILES string of the molecule is O=C(CCOCCOCCOCCOCCOCCOCCOCCOCCOCCNC(=O)OCC1CCC=C(c2nnc(C3=CCCCO3)nn2)O1)NCCN1C(=O)C=CC1=O. The minimum Gasteiger partial charge on any atom is -0.490 e. The highest BCUT2D eigenvalue weighted by molar-refractivity contribution is 6.12. The smallest absolute Gasteiger partial charge is 0.407 e. The highest BCUT2D eigenvalue weighted by Crippen LogP contribution is 2.23. The molecule has 0 spiro atoms. The van der Waals surface area contributed by atoms with E-state index in [9.17, 15) is 19.2 Å². The van der Waals surface area contributed by atoms with Crippen LogP contribution in [-0.4, -0.2) is 207 Å². The Balaban J connectivity index is 0.788. The molecule has 3 aliphatic rings. The van der Waals surface area contributed by atoms with Crippen LogP contribution in [0.1, 0.15) is 43.8 Å². The van der Waals surface area contributed by atoms with Gasteiger partial charge in [-0.25, -0.2) is 4.79 Å². The van der Waals surface area contributed by atoms with Crippen LogP contribution in [0.4, 0.5) is 4.79 Å². The number of nitrogens with one attached hydrogen (secondary N) is 2. The fraction of sp³-hybridized carbons (Fsp3) is 0.707. The number of rotatable bonds is 37. The zero-order valence-corrected chi connectivity index (χ0v) is 36.5. The van der Waals surface area contributed by atoms with Gasteiger partial charge in [0.05, 0.1) is 126 Å². The molecule has 23 heteroatoms. The molecule has 0 aliphatic carbocycles. The average Bonchev–Trinajstić information content (AvgIpc) is 3.64. The van der Waals surface area contributed by atoms with E-state index in [1.54, 1.807) is 0 Å². The Morgan fingerprint density at radius 3 is 1.56 bits per heavy atom. The molecule has 0 radical (unpaired) electrons. The molecule has 358 valence electrons. The highest BCUT2D eigenvalue weighted by atomic mass is 16.6. The van der Waals surface area contributed by atoms with Gasteiger partial charge in [0.15, 0.2) is 11.5 Å².